The fourth-order valence-corrected chi connectivity index (χ4v) is 2.00. The SMILES string of the molecule is CN1CCCCC1CNC(=O)NCC(C)(O)C(=O)O. The topological polar surface area (TPSA) is 102 Å². The van der Waals surface area contributed by atoms with Crippen LogP contribution in [0, 0.1) is 0 Å². The molecule has 19 heavy (non-hydrogen) atoms. The van der Waals surface area contributed by atoms with Crippen LogP contribution in [0.5, 0.6) is 0 Å². The normalized spacial score (nSPS) is 23.4. The van der Waals surface area contributed by atoms with Crippen molar-refractivity contribution in [3.63, 3.8) is 0 Å². The van der Waals surface area contributed by atoms with Crippen molar-refractivity contribution in [2.75, 3.05) is 26.7 Å². The largest absolute Gasteiger partial charge is 0.479 e. The van der Waals surface area contributed by atoms with Gasteiger partial charge in [0.2, 0.25) is 0 Å². The lowest BCUT2D eigenvalue weighted by molar-refractivity contribution is -0.155. The standard InChI is InChI=1S/C12H23N3O4/c1-12(19,10(16)17)8-14-11(18)13-7-9-5-3-4-6-15(9)2/h9,19H,3-8H2,1-2H3,(H,16,17)(H2,13,14,18). The van der Waals surface area contributed by atoms with E-state index in [0.29, 0.717) is 12.6 Å². The summed E-state index contributed by atoms with van der Waals surface area (Å²) in [6.45, 7) is 2.37. The fraction of sp³-hybridized carbons (Fsp3) is 0.833. The van der Waals surface area contributed by atoms with Crippen molar-refractivity contribution < 1.29 is 19.8 Å². The average molecular weight is 273 g/mol. The van der Waals surface area contributed by atoms with E-state index in [9.17, 15) is 14.7 Å². The Balaban J connectivity index is 2.26. The summed E-state index contributed by atoms with van der Waals surface area (Å²) < 4.78 is 0. The van der Waals surface area contributed by atoms with Crippen LogP contribution in [-0.2, 0) is 4.79 Å². The van der Waals surface area contributed by atoms with Crippen LogP contribution in [0.2, 0.25) is 0 Å². The number of aliphatic hydroxyl groups is 1. The molecule has 1 fully saturated rings. The number of carbonyl (C=O) groups is 2. The second-order valence-corrected chi connectivity index (χ2v) is 5.27. The molecule has 1 aliphatic rings. The van der Waals surface area contributed by atoms with Gasteiger partial charge in [0.05, 0.1) is 6.54 Å². The molecule has 110 valence electrons. The maximum Gasteiger partial charge on any atom is 0.337 e. The first-order valence-corrected chi connectivity index (χ1v) is 6.50. The first-order chi connectivity index (χ1) is 8.83. The highest BCUT2D eigenvalue weighted by atomic mass is 16.4. The van der Waals surface area contributed by atoms with Gasteiger partial charge >= 0.3 is 12.0 Å². The number of nitrogens with one attached hydrogen (secondary N) is 2. The third-order valence-electron chi connectivity index (χ3n) is 3.47. The fourth-order valence-electron chi connectivity index (χ4n) is 2.00. The van der Waals surface area contributed by atoms with Gasteiger partial charge < -0.3 is 25.7 Å². The lowest BCUT2D eigenvalue weighted by Gasteiger charge is -2.32. The van der Waals surface area contributed by atoms with Crippen molar-refractivity contribution in [2.24, 2.45) is 0 Å². The first kappa shape index (κ1) is 15.7. The average Bonchev–Trinajstić information content (AvgIpc) is 2.35. The van der Waals surface area contributed by atoms with Crippen molar-refractivity contribution in [1.29, 1.82) is 0 Å². The number of hydrogen-bond donors (Lipinski definition) is 4. The summed E-state index contributed by atoms with van der Waals surface area (Å²) >= 11 is 0. The van der Waals surface area contributed by atoms with E-state index in [1.165, 1.54) is 6.42 Å². The van der Waals surface area contributed by atoms with Crippen molar-refractivity contribution >= 4 is 12.0 Å². The quantitative estimate of drug-likeness (QED) is 0.546. The van der Waals surface area contributed by atoms with Crippen LogP contribution in [0.15, 0.2) is 0 Å². The monoisotopic (exact) mass is 273 g/mol. The minimum Gasteiger partial charge on any atom is -0.479 e. The molecule has 4 N–H and O–H groups in total. The van der Waals surface area contributed by atoms with Gasteiger partial charge in [-0.25, -0.2) is 9.59 Å². The first-order valence-electron chi connectivity index (χ1n) is 6.50. The predicted octanol–water partition coefficient (Wildman–Crippen LogP) is -0.394. The zero-order valence-corrected chi connectivity index (χ0v) is 11.5. The van der Waals surface area contributed by atoms with E-state index in [0.717, 1.165) is 26.3 Å². The van der Waals surface area contributed by atoms with Crippen LogP contribution in [0.1, 0.15) is 26.2 Å². The van der Waals surface area contributed by atoms with E-state index in [1.807, 2.05) is 7.05 Å². The Morgan fingerprint density at radius 1 is 1.37 bits per heavy atom. The molecule has 1 aliphatic heterocycles. The predicted molar refractivity (Wildman–Crippen MR) is 69.9 cm³/mol. The molecule has 0 aliphatic carbocycles. The number of urea groups is 1. The summed E-state index contributed by atoms with van der Waals surface area (Å²) in [5.41, 5.74) is -1.95. The Morgan fingerprint density at radius 3 is 2.63 bits per heavy atom. The minimum atomic E-state index is -1.95. The van der Waals surface area contributed by atoms with Crippen molar-refractivity contribution in [3.05, 3.63) is 0 Å². The molecule has 0 spiro atoms. The highest BCUT2D eigenvalue weighted by Crippen LogP contribution is 2.13. The smallest absolute Gasteiger partial charge is 0.337 e. The third kappa shape index (κ3) is 5.04. The van der Waals surface area contributed by atoms with E-state index >= 15 is 0 Å². The Hall–Kier alpha value is -1.34. The van der Waals surface area contributed by atoms with Gasteiger partial charge in [0.25, 0.3) is 0 Å². The number of piperidine rings is 1. The van der Waals surface area contributed by atoms with Gasteiger partial charge in [-0.05, 0) is 33.4 Å². The molecule has 2 unspecified atom stereocenters. The number of nitrogens with zero attached hydrogens (tertiary/aromatic N) is 1. The Kier molecular flexibility index (Phi) is 5.56. The number of rotatable bonds is 5. The number of hydrogen-bond acceptors (Lipinski definition) is 4. The molecule has 1 saturated heterocycles. The molecule has 2 atom stereocenters. The number of likely N-dealkylation sites (tertiary alicyclic amines) is 1. The van der Waals surface area contributed by atoms with Crippen LogP contribution in [-0.4, -0.2) is 65.4 Å². The third-order valence-corrected chi connectivity index (χ3v) is 3.47. The molecule has 0 saturated carbocycles. The maximum absolute atomic E-state index is 11.5. The van der Waals surface area contributed by atoms with Gasteiger partial charge in [-0.3, -0.25) is 0 Å². The van der Waals surface area contributed by atoms with E-state index in [2.05, 4.69) is 15.5 Å². The van der Waals surface area contributed by atoms with Gasteiger partial charge in [0.15, 0.2) is 5.60 Å². The summed E-state index contributed by atoms with van der Waals surface area (Å²) in [6, 6.07) is -0.139. The minimum absolute atomic E-state index is 0.319. The van der Waals surface area contributed by atoms with E-state index in [4.69, 9.17) is 5.11 Å². The Bertz CT molecular complexity index is 333. The molecule has 7 heteroatoms. The number of amides is 2. The second kappa shape index (κ2) is 6.72. The number of carboxylic acid groups (broad SMARTS) is 1. The van der Waals surface area contributed by atoms with Crippen molar-refractivity contribution in [1.82, 2.24) is 15.5 Å². The van der Waals surface area contributed by atoms with Gasteiger partial charge in [-0.1, -0.05) is 6.42 Å². The number of likely N-dealkylation sites (N-methyl/N-ethyl adjacent to an activating group) is 1. The molecule has 1 heterocycles. The van der Waals surface area contributed by atoms with Crippen LogP contribution >= 0.6 is 0 Å². The molecule has 1 rings (SSSR count). The van der Waals surface area contributed by atoms with Crippen LogP contribution in [0.25, 0.3) is 0 Å². The number of aliphatic carboxylic acids is 1. The van der Waals surface area contributed by atoms with E-state index in [-0.39, 0.29) is 6.54 Å². The van der Waals surface area contributed by atoms with Gasteiger partial charge in [0.1, 0.15) is 0 Å². The summed E-state index contributed by atoms with van der Waals surface area (Å²) in [4.78, 5) is 24.4. The van der Waals surface area contributed by atoms with Gasteiger partial charge in [0, 0.05) is 12.6 Å². The maximum atomic E-state index is 11.5. The highest BCUT2D eigenvalue weighted by Gasteiger charge is 2.30. The lowest BCUT2D eigenvalue weighted by Crippen LogP contribution is -2.51. The molecule has 0 aromatic heterocycles. The zero-order valence-electron chi connectivity index (χ0n) is 11.5. The van der Waals surface area contributed by atoms with Crippen LogP contribution in [0.3, 0.4) is 0 Å². The van der Waals surface area contributed by atoms with Crippen molar-refractivity contribution in [2.45, 2.75) is 37.8 Å². The van der Waals surface area contributed by atoms with Gasteiger partial charge in [-0.15, -0.1) is 0 Å². The van der Waals surface area contributed by atoms with E-state index < -0.39 is 17.6 Å². The molecule has 0 aromatic rings. The Labute approximate surface area is 113 Å². The zero-order chi connectivity index (χ0) is 14.5. The molecule has 2 amide bonds. The van der Waals surface area contributed by atoms with Gasteiger partial charge in [-0.2, -0.15) is 0 Å². The highest BCUT2D eigenvalue weighted by molar-refractivity contribution is 5.79. The Morgan fingerprint density at radius 2 is 2.05 bits per heavy atom. The molecular weight excluding hydrogens is 250 g/mol. The summed E-state index contributed by atoms with van der Waals surface area (Å²) in [5, 5.41) is 23.2. The number of carbonyl (C=O) groups excluding carboxylic acids is 1. The van der Waals surface area contributed by atoms with Crippen LogP contribution in [0.4, 0.5) is 4.79 Å². The molecular formula is C12H23N3O4. The second-order valence-electron chi connectivity index (χ2n) is 5.27. The molecule has 0 bridgehead atoms. The summed E-state index contributed by atoms with van der Waals surface area (Å²) in [5.74, 6) is -1.36. The number of carboxylic acids is 1. The lowest BCUT2D eigenvalue weighted by atomic mass is 10.0. The molecule has 7 nitrogen and oxygen atoms in total. The molecule has 0 aromatic carbocycles. The van der Waals surface area contributed by atoms with Crippen molar-refractivity contribution in [3.8, 4) is 0 Å². The summed E-state index contributed by atoms with van der Waals surface area (Å²) in [7, 11) is 2.03. The van der Waals surface area contributed by atoms with Crippen LogP contribution < -0.4 is 10.6 Å². The molecule has 0 radical (unpaired) electrons. The summed E-state index contributed by atoms with van der Waals surface area (Å²) in [6.07, 6.45) is 3.39. The van der Waals surface area contributed by atoms with E-state index in [1.54, 1.807) is 0 Å².